The van der Waals surface area contributed by atoms with Crippen LogP contribution in [0.5, 0.6) is 0 Å². The lowest BCUT2D eigenvalue weighted by molar-refractivity contribution is -0.172. The molecule has 2 fully saturated rings. The van der Waals surface area contributed by atoms with Crippen molar-refractivity contribution in [2.45, 2.75) is 44.4 Å². The van der Waals surface area contributed by atoms with Gasteiger partial charge in [0.15, 0.2) is 0 Å². The van der Waals surface area contributed by atoms with Gasteiger partial charge in [0.25, 0.3) is 0 Å². The summed E-state index contributed by atoms with van der Waals surface area (Å²) in [4.78, 5) is 1.35. The van der Waals surface area contributed by atoms with E-state index in [1.165, 1.54) is 10.4 Å². The minimum Gasteiger partial charge on any atom is -0.372 e. The second kappa shape index (κ2) is 4.30. The van der Waals surface area contributed by atoms with Crippen LogP contribution in [0.25, 0.3) is 0 Å². The molecule has 0 saturated carbocycles. The fourth-order valence-electron chi connectivity index (χ4n) is 3.31. The topological polar surface area (TPSA) is 30.5 Å². The van der Waals surface area contributed by atoms with Crippen LogP contribution in [-0.4, -0.2) is 31.0 Å². The third-order valence-corrected chi connectivity index (χ3v) is 5.20. The maximum absolute atomic E-state index is 6.24. The van der Waals surface area contributed by atoms with E-state index in [1.54, 1.807) is 11.3 Å². The van der Waals surface area contributed by atoms with Crippen molar-refractivity contribution < 1.29 is 9.47 Å². The first-order valence-electron chi connectivity index (χ1n) is 6.61. The number of aryl methyl sites for hydroxylation is 1. The molecule has 3 nitrogen and oxygen atoms in total. The van der Waals surface area contributed by atoms with Crippen LogP contribution in [0.1, 0.15) is 36.8 Å². The van der Waals surface area contributed by atoms with Gasteiger partial charge >= 0.3 is 0 Å². The van der Waals surface area contributed by atoms with Crippen molar-refractivity contribution in [3.05, 3.63) is 21.9 Å². The number of hydrogen-bond donors (Lipinski definition) is 1. The highest BCUT2D eigenvalue weighted by Crippen LogP contribution is 2.48. The Morgan fingerprint density at radius 2 is 2.17 bits per heavy atom. The maximum Gasteiger partial charge on any atom is 0.118 e. The van der Waals surface area contributed by atoms with Gasteiger partial charge in [-0.05, 0) is 37.8 Å². The Bertz CT molecular complexity index is 443. The summed E-state index contributed by atoms with van der Waals surface area (Å²) in [6.45, 7) is 8.93. The molecule has 0 amide bonds. The first kappa shape index (κ1) is 12.6. The van der Waals surface area contributed by atoms with Gasteiger partial charge in [-0.1, -0.05) is 0 Å². The minimum atomic E-state index is -0.235. The highest BCUT2D eigenvalue weighted by atomic mass is 32.1. The zero-order chi connectivity index (χ0) is 12.8. The molecule has 1 N–H and O–H groups in total. The van der Waals surface area contributed by atoms with Crippen molar-refractivity contribution in [1.82, 2.24) is 5.32 Å². The number of morpholine rings is 1. The van der Waals surface area contributed by atoms with Crippen LogP contribution in [0.3, 0.4) is 0 Å². The molecule has 0 aliphatic carbocycles. The highest BCUT2D eigenvalue weighted by Gasteiger charge is 2.57. The van der Waals surface area contributed by atoms with Gasteiger partial charge < -0.3 is 14.8 Å². The van der Waals surface area contributed by atoms with E-state index >= 15 is 0 Å². The summed E-state index contributed by atoms with van der Waals surface area (Å²) in [5.74, 6) is 0. The number of ether oxygens (including phenoxy) is 2. The third kappa shape index (κ3) is 1.74. The predicted molar refractivity (Wildman–Crippen MR) is 73.1 cm³/mol. The van der Waals surface area contributed by atoms with Crippen LogP contribution in [0.2, 0.25) is 0 Å². The summed E-state index contributed by atoms with van der Waals surface area (Å²) in [7, 11) is 0. The molecule has 0 bridgehead atoms. The molecular formula is C14H21NO2S. The largest absolute Gasteiger partial charge is 0.372 e. The molecule has 2 aliphatic rings. The third-order valence-electron chi connectivity index (χ3n) is 4.32. The van der Waals surface area contributed by atoms with E-state index in [4.69, 9.17) is 9.47 Å². The molecule has 2 aliphatic heterocycles. The molecule has 2 saturated heterocycles. The van der Waals surface area contributed by atoms with E-state index < -0.39 is 0 Å². The Morgan fingerprint density at radius 3 is 2.78 bits per heavy atom. The fraction of sp³-hybridized carbons (Fsp3) is 0.714. The van der Waals surface area contributed by atoms with Crippen molar-refractivity contribution >= 4 is 11.3 Å². The average molecular weight is 267 g/mol. The van der Waals surface area contributed by atoms with Gasteiger partial charge in [0.2, 0.25) is 0 Å². The zero-order valence-electron chi connectivity index (χ0n) is 11.3. The molecule has 3 rings (SSSR count). The molecule has 1 aromatic heterocycles. The zero-order valence-corrected chi connectivity index (χ0v) is 12.1. The SMILES string of the molecule is Cc1cc(C2NCCOC23CCOC3(C)C)cs1. The molecule has 100 valence electrons. The van der Waals surface area contributed by atoms with Crippen molar-refractivity contribution in [2.75, 3.05) is 19.8 Å². The maximum atomic E-state index is 6.24. The van der Waals surface area contributed by atoms with E-state index in [1.807, 2.05) is 0 Å². The summed E-state index contributed by atoms with van der Waals surface area (Å²) in [5, 5.41) is 5.89. The number of hydrogen-bond acceptors (Lipinski definition) is 4. The molecule has 4 heteroatoms. The molecule has 1 aromatic rings. The van der Waals surface area contributed by atoms with Crippen molar-refractivity contribution in [3.8, 4) is 0 Å². The van der Waals surface area contributed by atoms with Crippen LogP contribution in [0, 0.1) is 6.92 Å². The summed E-state index contributed by atoms with van der Waals surface area (Å²) in [5.41, 5.74) is 0.885. The number of nitrogens with one attached hydrogen (secondary N) is 1. The van der Waals surface area contributed by atoms with E-state index in [2.05, 4.69) is 37.5 Å². The first-order valence-corrected chi connectivity index (χ1v) is 7.49. The van der Waals surface area contributed by atoms with Gasteiger partial charge in [0, 0.05) is 17.8 Å². The van der Waals surface area contributed by atoms with Gasteiger partial charge in [-0.2, -0.15) is 0 Å². The molecule has 0 aromatic carbocycles. The lowest BCUT2D eigenvalue weighted by atomic mass is 9.76. The highest BCUT2D eigenvalue weighted by molar-refractivity contribution is 7.10. The number of rotatable bonds is 1. The molecule has 18 heavy (non-hydrogen) atoms. The Kier molecular flexibility index (Phi) is 3.01. The van der Waals surface area contributed by atoms with Crippen LogP contribution in [-0.2, 0) is 9.47 Å². The molecule has 2 atom stereocenters. The van der Waals surface area contributed by atoms with E-state index in [0.29, 0.717) is 0 Å². The standard InChI is InChI=1S/C14H21NO2S/c1-10-8-11(9-18-10)12-14(17-7-5-15-12)4-6-16-13(14,2)3/h8-9,12,15H,4-7H2,1-3H3. The van der Waals surface area contributed by atoms with Crippen LogP contribution in [0.4, 0.5) is 0 Å². The molecular weight excluding hydrogens is 246 g/mol. The summed E-state index contributed by atoms with van der Waals surface area (Å²) in [6, 6.07) is 2.52. The monoisotopic (exact) mass is 267 g/mol. The van der Waals surface area contributed by atoms with Gasteiger partial charge in [-0.15, -0.1) is 11.3 Å². The van der Waals surface area contributed by atoms with E-state index in [-0.39, 0.29) is 17.2 Å². The van der Waals surface area contributed by atoms with E-state index in [0.717, 1.165) is 26.2 Å². The molecule has 1 spiro atoms. The van der Waals surface area contributed by atoms with Crippen molar-refractivity contribution in [1.29, 1.82) is 0 Å². The minimum absolute atomic E-state index is 0.223. The average Bonchev–Trinajstić information content (AvgIpc) is 2.86. The van der Waals surface area contributed by atoms with Crippen LogP contribution in [0.15, 0.2) is 11.4 Å². The second-order valence-electron chi connectivity index (χ2n) is 5.72. The second-order valence-corrected chi connectivity index (χ2v) is 6.84. The number of thiophene rings is 1. The normalized spacial score (nSPS) is 35.2. The lowest BCUT2D eigenvalue weighted by Crippen LogP contribution is -2.60. The van der Waals surface area contributed by atoms with Gasteiger partial charge in [-0.3, -0.25) is 0 Å². The van der Waals surface area contributed by atoms with Crippen molar-refractivity contribution in [2.24, 2.45) is 0 Å². The molecule has 0 radical (unpaired) electrons. The quantitative estimate of drug-likeness (QED) is 0.848. The Hall–Kier alpha value is -0.420. The summed E-state index contributed by atoms with van der Waals surface area (Å²) in [6.07, 6.45) is 0.965. The lowest BCUT2D eigenvalue weighted by Gasteiger charge is -2.48. The Labute approximate surface area is 112 Å². The molecule has 3 heterocycles. The smallest absolute Gasteiger partial charge is 0.118 e. The summed E-state index contributed by atoms with van der Waals surface area (Å²) < 4.78 is 12.2. The van der Waals surface area contributed by atoms with Crippen LogP contribution >= 0.6 is 11.3 Å². The van der Waals surface area contributed by atoms with Gasteiger partial charge in [0.05, 0.1) is 24.9 Å². The van der Waals surface area contributed by atoms with Crippen LogP contribution < -0.4 is 5.32 Å². The summed E-state index contributed by atoms with van der Waals surface area (Å²) >= 11 is 1.80. The van der Waals surface area contributed by atoms with Gasteiger partial charge in [-0.25, -0.2) is 0 Å². The van der Waals surface area contributed by atoms with Gasteiger partial charge in [0.1, 0.15) is 5.60 Å². The fourth-order valence-corrected chi connectivity index (χ4v) is 4.04. The first-order chi connectivity index (χ1) is 8.55. The Balaban J connectivity index is 2.00. The Morgan fingerprint density at radius 1 is 1.33 bits per heavy atom. The predicted octanol–water partition coefficient (Wildman–Crippen LogP) is 2.66. The van der Waals surface area contributed by atoms with E-state index in [9.17, 15) is 0 Å². The van der Waals surface area contributed by atoms with Crippen molar-refractivity contribution in [3.63, 3.8) is 0 Å². The molecule has 2 unspecified atom stereocenters.